The largest absolute Gasteiger partial charge is 0.228 e. The molecule has 0 atom stereocenters. The lowest BCUT2D eigenvalue weighted by Gasteiger charge is -2.03. The second-order valence-electron chi connectivity index (χ2n) is 2.88. The van der Waals surface area contributed by atoms with Crippen LogP contribution in [0.15, 0.2) is 42.5 Å². The van der Waals surface area contributed by atoms with Crippen molar-refractivity contribution < 1.29 is 0 Å². The molecule has 1 heterocycles. The van der Waals surface area contributed by atoms with Crippen LogP contribution in [0.1, 0.15) is 0 Å². The first-order valence-electron chi connectivity index (χ1n) is 4.20. The van der Waals surface area contributed by atoms with Gasteiger partial charge in [-0.1, -0.05) is 24.3 Å². The molecule has 0 radical (unpaired) electrons. The molecule has 4 nitrogen and oxygen atoms in total. The average Bonchev–Trinajstić information content (AvgIpc) is 2.72. The molecule has 0 saturated carbocycles. The molecule has 0 amide bonds. The van der Waals surface area contributed by atoms with Crippen molar-refractivity contribution in [3.8, 4) is 6.07 Å². The number of aromatic nitrogens is 3. The van der Waals surface area contributed by atoms with Gasteiger partial charge in [-0.05, 0) is 5.57 Å². The molecular weight excluding hydrogens is 176 g/mol. The fraction of sp³-hybridized carbons (Fsp3) is 0.100. The highest BCUT2D eigenvalue weighted by molar-refractivity contribution is 5.48. The molecule has 1 aromatic heterocycles. The van der Waals surface area contributed by atoms with E-state index in [0.29, 0.717) is 0 Å². The molecule has 68 valence electrons. The molecule has 1 aromatic rings. The van der Waals surface area contributed by atoms with E-state index in [2.05, 4.69) is 16.2 Å². The van der Waals surface area contributed by atoms with E-state index in [9.17, 15) is 0 Å². The minimum Gasteiger partial charge on any atom is -0.228 e. The molecule has 0 unspecified atom stereocenters. The molecular formula is C10H8N4. The molecule has 0 aromatic carbocycles. The summed E-state index contributed by atoms with van der Waals surface area (Å²) in [5.41, 5.74) is 1.00. The Hall–Kier alpha value is -2.15. The van der Waals surface area contributed by atoms with Crippen LogP contribution in [0, 0.1) is 17.2 Å². The Morgan fingerprint density at radius 2 is 2.21 bits per heavy atom. The monoisotopic (exact) mass is 184 g/mol. The van der Waals surface area contributed by atoms with Crippen LogP contribution in [-0.2, 0) is 0 Å². The summed E-state index contributed by atoms with van der Waals surface area (Å²) in [7, 11) is 0. The van der Waals surface area contributed by atoms with Crippen molar-refractivity contribution in [1.29, 1.82) is 5.26 Å². The average molecular weight is 184 g/mol. The summed E-state index contributed by atoms with van der Waals surface area (Å²) in [4.78, 5) is 3.83. The van der Waals surface area contributed by atoms with Gasteiger partial charge in [-0.15, -0.1) is 0 Å². The van der Waals surface area contributed by atoms with Crippen LogP contribution in [0.2, 0.25) is 0 Å². The molecule has 0 aliphatic heterocycles. The number of nitrogens with zero attached hydrogens (tertiary/aromatic N) is 4. The Labute approximate surface area is 81.5 Å². The molecule has 0 saturated heterocycles. The van der Waals surface area contributed by atoms with Crippen LogP contribution >= 0.6 is 0 Å². The maximum atomic E-state index is 8.63. The lowest BCUT2D eigenvalue weighted by Crippen LogP contribution is -1.94. The van der Waals surface area contributed by atoms with E-state index in [1.54, 1.807) is 11.0 Å². The summed E-state index contributed by atoms with van der Waals surface area (Å²) >= 11 is 0. The summed E-state index contributed by atoms with van der Waals surface area (Å²) in [5.74, 6) is -0.108. The molecule has 0 bridgehead atoms. The van der Waals surface area contributed by atoms with Crippen LogP contribution in [0.3, 0.4) is 0 Å². The third kappa shape index (κ3) is 1.77. The second kappa shape index (κ2) is 3.71. The fourth-order valence-electron chi connectivity index (χ4n) is 1.16. The molecule has 0 spiro atoms. The van der Waals surface area contributed by atoms with E-state index in [1.807, 2.05) is 30.5 Å². The quantitative estimate of drug-likeness (QED) is 0.662. The topological polar surface area (TPSA) is 54.5 Å². The van der Waals surface area contributed by atoms with E-state index >= 15 is 0 Å². The van der Waals surface area contributed by atoms with Crippen molar-refractivity contribution in [2.75, 3.05) is 0 Å². The Morgan fingerprint density at radius 1 is 1.43 bits per heavy atom. The van der Waals surface area contributed by atoms with E-state index in [1.165, 1.54) is 6.33 Å². The number of nitriles is 1. The number of hydrogen-bond acceptors (Lipinski definition) is 3. The van der Waals surface area contributed by atoms with Crippen LogP contribution in [-0.4, -0.2) is 14.8 Å². The van der Waals surface area contributed by atoms with Crippen molar-refractivity contribution in [2.45, 2.75) is 0 Å². The van der Waals surface area contributed by atoms with Gasteiger partial charge in [0.25, 0.3) is 0 Å². The first-order valence-corrected chi connectivity index (χ1v) is 4.20. The van der Waals surface area contributed by atoms with Crippen molar-refractivity contribution in [1.82, 2.24) is 14.8 Å². The third-order valence-corrected chi connectivity index (χ3v) is 1.86. The van der Waals surface area contributed by atoms with Crippen LogP contribution in [0.5, 0.6) is 0 Å². The van der Waals surface area contributed by atoms with Gasteiger partial charge < -0.3 is 0 Å². The van der Waals surface area contributed by atoms with Gasteiger partial charge in [-0.2, -0.15) is 10.4 Å². The fourth-order valence-corrected chi connectivity index (χ4v) is 1.16. The molecule has 2 rings (SSSR count). The maximum Gasteiger partial charge on any atom is 0.138 e. The molecule has 1 aliphatic rings. The lowest BCUT2D eigenvalue weighted by atomic mass is 10.0. The zero-order chi connectivity index (χ0) is 9.80. The Bertz CT molecular complexity index is 415. The van der Waals surface area contributed by atoms with Gasteiger partial charge in [0.1, 0.15) is 12.7 Å². The predicted molar refractivity (Wildman–Crippen MR) is 51.7 cm³/mol. The van der Waals surface area contributed by atoms with E-state index in [-0.39, 0.29) is 5.92 Å². The standard InChI is InChI=1S/C10H8N4/c11-5-9-1-3-10(4-2-9)6-14-8-12-7-13-14/h1-4,6-9H. The minimum atomic E-state index is -0.108. The summed E-state index contributed by atoms with van der Waals surface area (Å²) in [6.07, 6.45) is 12.4. The number of allylic oxidation sites excluding steroid dienone is 5. The van der Waals surface area contributed by atoms with Gasteiger partial charge in [0.05, 0.1) is 12.0 Å². The Morgan fingerprint density at radius 3 is 2.79 bits per heavy atom. The number of rotatable bonds is 1. The highest BCUT2D eigenvalue weighted by atomic mass is 15.3. The van der Waals surface area contributed by atoms with Crippen molar-refractivity contribution >= 4 is 6.20 Å². The van der Waals surface area contributed by atoms with E-state index < -0.39 is 0 Å². The smallest absolute Gasteiger partial charge is 0.138 e. The van der Waals surface area contributed by atoms with Gasteiger partial charge in [-0.25, -0.2) is 9.67 Å². The Balaban J connectivity index is 2.17. The molecule has 14 heavy (non-hydrogen) atoms. The van der Waals surface area contributed by atoms with Gasteiger partial charge in [0.15, 0.2) is 0 Å². The second-order valence-corrected chi connectivity index (χ2v) is 2.88. The van der Waals surface area contributed by atoms with Crippen molar-refractivity contribution in [3.05, 3.63) is 42.5 Å². The first-order chi connectivity index (χ1) is 6.88. The summed E-state index contributed by atoms with van der Waals surface area (Å²) < 4.78 is 1.62. The van der Waals surface area contributed by atoms with E-state index in [0.717, 1.165) is 5.57 Å². The zero-order valence-electron chi connectivity index (χ0n) is 7.41. The van der Waals surface area contributed by atoms with E-state index in [4.69, 9.17) is 5.26 Å². The highest BCUT2D eigenvalue weighted by Gasteiger charge is 2.02. The van der Waals surface area contributed by atoms with Gasteiger partial charge in [0.2, 0.25) is 0 Å². The first kappa shape index (κ1) is 8.45. The maximum absolute atomic E-state index is 8.63. The van der Waals surface area contributed by atoms with Crippen molar-refractivity contribution in [2.24, 2.45) is 5.92 Å². The van der Waals surface area contributed by atoms with Gasteiger partial charge in [-0.3, -0.25) is 0 Å². The van der Waals surface area contributed by atoms with Crippen LogP contribution < -0.4 is 0 Å². The summed E-state index contributed by atoms with van der Waals surface area (Å²) in [6, 6.07) is 2.15. The summed E-state index contributed by atoms with van der Waals surface area (Å²) in [6.45, 7) is 0. The normalized spacial score (nSPS) is 19.4. The lowest BCUT2D eigenvalue weighted by molar-refractivity contribution is 0.929. The van der Waals surface area contributed by atoms with Crippen LogP contribution in [0.4, 0.5) is 0 Å². The predicted octanol–water partition coefficient (Wildman–Crippen LogP) is 1.38. The minimum absolute atomic E-state index is 0.108. The van der Waals surface area contributed by atoms with Crippen LogP contribution in [0.25, 0.3) is 6.20 Å². The van der Waals surface area contributed by atoms with Gasteiger partial charge in [0, 0.05) is 6.20 Å². The molecule has 0 N–H and O–H groups in total. The zero-order valence-corrected chi connectivity index (χ0v) is 7.41. The molecule has 0 fully saturated rings. The number of hydrogen-bond donors (Lipinski definition) is 0. The third-order valence-electron chi connectivity index (χ3n) is 1.86. The van der Waals surface area contributed by atoms with Crippen molar-refractivity contribution in [3.63, 3.8) is 0 Å². The summed E-state index contributed by atoms with van der Waals surface area (Å²) in [5, 5.41) is 12.6. The Kier molecular flexibility index (Phi) is 2.24. The molecule has 4 heteroatoms. The van der Waals surface area contributed by atoms with Gasteiger partial charge >= 0.3 is 0 Å². The molecule has 1 aliphatic carbocycles. The SMILES string of the molecule is N#CC1C=CC(=Cn2cncn2)C=C1. The highest BCUT2D eigenvalue weighted by Crippen LogP contribution is 2.13.